The maximum Gasteiger partial charge on any atom is 0.408 e. The quantitative estimate of drug-likeness (QED) is 0.431. The van der Waals surface area contributed by atoms with Crippen molar-refractivity contribution in [2.75, 3.05) is 11.9 Å². The smallest absolute Gasteiger partial charge is 0.408 e. The van der Waals surface area contributed by atoms with Gasteiger partial charge in [0.2, 0.25) is 5.91 Å². The average Bonchev–Trinajstić information content (AvgIpc) is 3.17. The van der Waals surface area contributed by atoms with E-state index in [1.807, 2.05) is 36.4 Å². The lowest BCUT2D eigenvalue weighted by Crippen LogP contribution is -2.54. The summed E-state index contributed by atoms with van der Waals surface area (Å²) >= 11 is 0. The summed E-state index contributed by atoms with van der Waals surface area (Å²) in [6.07, 6.45) is -0.387. The van der Waals surface area contributed by atoms with E-state index in [1.165, 1.54) is 6.07 Å². The molecule has 0 radical (unpaired) electrons. The van der Waals surface area contributed by atoms with Gasteiger partial charge in [0.05, 0.1) is 5.56 Å². The number of aryl methyl sites for hydroxylation is 1. The number of anilines is 1. The Bertz CT molecular complexity index is 1260. The van der Waals surface area contributed by atoms with E-state index in [9.17, 15) is 19.5 Å². The van der Waals surface area contributed by atoms with E-state index in [0.29, 0.717) is 17.7 Å². The van der Waals surface area contributed by atoms with Crippen LogP contribution in [0.3, 0.4) is 0 Å². The Hall–Kier alpha value is -4.13. The number of hydrogen-bond acceptors (Lipinski definition) is 4. The van der Waals surface area contributed by atoms with Crippen LogP contribution in [0.25, 0.3) is 11.1 Å². The highest BCUT2D eigenvalue weighted by Crippen LogP contribution is 2.44. The second-order valence-corrected chi connectivity index (χ2v) is 8.93. The Kier molecular flexibility index (Phi) is 6.60. The lowest BCUT2D eigenvalue weighted by Gasteiger charge is -2.28. The van der Waals surface area contributed by atoms with Crippen LogP contribution >= 0.6 is 0 Å². The van der Waals surface area contributed by atoms with E-state index in [2.05, 4.69) is 22.8 Å². The Morgan fingerprint density at radius 2 is 1.57 bits per heavy atom. The van der Waals surface area contributed by atoms with Gasteiger partial charge in [0.15, 0.2) is 0 Å². The molecule has 180 valence electrons. The number of rotatable bonds is 7. The zero-order valence-electron chi connectivity index (χ0n) is 19.9. The summed E-state index contributed by atoms with van der Waals surface area (Å²) < 4.78 is 5.60. The third kappa shape index (κ3) is 4.75. The Balaban J connectivity index is 1.44. The van der Waals surface area contributed by atoms with Crippen LogP contribution in [-0.2, 0) is 9.53 Å². The van der Waals surface area contributed by atoms with Crippen LogP contribution in [0.2, 0.25) is 0 Å². The van der Waals surface area contributed by atoms with Crippen molar-refractivity contribution < 1.29 is 24.2 Å². The van der Waals surface area contributed by atoms with E-state index >= 15 is 0 Å². The summed E-state index contributed by atoms with van der Waals surface area (Å²) in [7, 11) is 0. The van der Waals surface area contributed by atoms with E-state index < -0.39 is 23.5 Å². The molecular weight excluding hydrogens is 444 g/mol. The average molecular weight is 473 g/mol. The van der Waals surface area contributed by atoms with Gasteiger partial charge in [-0.05, 0) is 60.2 Å². The lowest BCUT2D eigenvalue weighted by atomic mass is 9.97. The fraction of sp³-hybridized carbons (Fsp3) is 0.250. The fourth-order valence-corrected chi connectivity index (χ4v) is 4.36. The molecule has 0 aromatic heterocycles. The minimum absolute atomic E-state index is 0.0862. The number of carbonyl (C=O) groups is 3. The molecule has 3 aromatic rings. The molecule has 1 atom stereocenters. The number of carbonyl (C=O) groups excluding carboxylic acids is 2. The molecule has 0 heterocycles. The molecule has 0 saturated carbocycles. The number of aromatic carboxylic acids is 1. The molecule has 7 nitrogen and oxygen atoms in total. The van der Waals surface area contributed by atoms with Gasteiger partial charge in [-0.3, -0.25) is 4.79 Å². The first-order chi connectivity index (χ1) is 16.7. The number of benzene rings is 3. The molecule has 4 rings (SSSR count). The second-order valence-electron chi connectivity index (χ2n) is 8.93. The lowest BCUT2D eigenvalue weighted by molar-refractivity contribution is -0.121. The number of carboxylic acid groups (broad SMARTS) is 1. The zero-order chi connectivity index (χ0) is 25.2. The van der Waals surface area contributed by atoms with Crippen molar-refractivity contribution >= 4 is 23.7 Å². The predicted molar refractivity (Wildman–Crippen MR) is 134 cm³/mol. The Morgan fingerprint density at radius 3 is 2.14 bits per heavy atom. The van der Waals surface area contributed by atoms with Gasteiger partial charge >= 0.3 is 12.1 Å². The van der Waals surface area contributed by atoms with Crippen LogP contribution in [0, 0.1) is 6.92 Å². The van der Waals surface area contributed by atoms with Crippen LogP contribution in [0.1, 0.15) is 53.2 Å². The number of ether oxygens (including phenoxy) is 1. The summed E-state index contributed by atoms with van der Waals surface area (Å²) in [5.74, 6) is -1.63. The number of nitrogens with one attached hydrogen (secondary N) is 2. The van der Waals surface area contributed by atoms with Crippen LogP contribution in [0.4, 0.5) is 10.5 Å². The molecule has 0 aliphatic heterocycles. The Morgan fingerprint density at radius 1 is 0.971 bits per heavy atom. The highest BCUT2D eigenvalue weighted by molar-refractivity contribution is 6.00. The second kappa shape index (κ2) is 9.62. The van der Waals surface area contributed by atoms with E-state index in [1.54, 1.807) is 32.9 Å². The van der Waals surface area contributed by atoms with Gasteiger partial charge < -0.3 is 20.5 Å². The summed E-state index contributed by atoms with van der Waals surface area (Å²) in [5.41, 5.74) is 4.25. The fourth-order valence-electron chi connectivity index (χ4n) is 4.36. The van der Waals surface area contributed by atoms with Gasteiger partial charge in [-0.25, -0.2) is 9.59 Å². The minimum Gasteiger partial charge on any atom is -0.478 e. The van der Waals surface area contributed by atoms with Crippen LogP contribution in [0.15, 0.2) is 66.7 Å². The maximum atomic E-state index is 13.0. The van der Waals surface area contributed by atoms with Crippen LogP contribution < -0.4 is 10.6 Å². The topological polar surface area (TPSA) is 105 Å². The van der Waals surface area contributed by atoms with Gasteiger partial charge in [-0.1, -0.05) is 61.5 Å². The molecule has 0 bridgehead atoms. The van der Waals surface area contributed by atoms with Crippen molar-refractivity contribution in [2.24, 2.45) is 0 Å². The largest absolute Gasteiger partial charge is 0.478 e. The summed E-state index contributed by atoms with van der Waals surface area (Å²) in [6.45, 7) is 5.21. The monoisotopic (exact) mass is 472 g/mol. The highest BCUT2D eigenvalue weighted by Gasteiger charge is 2.35. The van der Waals surface area contributed by atoms with Crippen molar-refractivity contribution in [1.82, 2.24) is 5.32 Å². The number of fused-ring (bicyclic) bond motifs is 3. The van der Waals surface area contributed by atoms with E-state index in [4.69, 9.17) is 4.74 Å². The molecule has 0 saturated heterocycles. The SMILES string of the molecule is CCC(C)(NC(=O)OCC1c2ccccc2-c2ccccc21)C(=O)Nc1ccc(C)c(C(=O)O)c1. The maximum absolute atomic E-state index is 13.0. The van der Waals surface area contributed by atoms with Crippen molar-refractivity contribution in [3.63, 3.8) is 0 Å². The minimum atomic E-state index is -1.25. The van der Waals surface area contributed by atoms with E-state index in [0.717, 1.165) is 22.3 Å². The molecule has 2 amide bonds. The first-order valence-electron chi connectivity index (χ1n) is 11.5. The first-order valence-corrected chi connectivity index (χ1v) is 11.5. The summed E-state index contributed by atoms with van der Waals surface area (Å²) in [5, 5.41) is 14.7. The summed E-state index contributed by atoms with van der Waals surface area (Å²) in [6, 6.07) is 20.8. The van der Waals surface area contributed by atoms with Crippen LogP contribution in [0.5, 0.6) is 0 Å². The highest BCUT2D eigenvalue weighted by atomic mass is 16.5. The van der Waals surface area contributed by atoms with Gasteiger partial charge in [0.1, 0.15) is 12.1 Å². The zero-order valence-corrected chi connectivity index (χ0v) is 19.9. The number of amides is 2. The third-order valence-electron chi connectivity index (χ3n) is 6.66. The van der Waals surface area contributed by atoms with E-state index in [-0.39, 0.29) is 18.1 Å². The molecule has 1 aliphatic carbocycles. The standard InChI is InChI=1S/C28H28N2O5/c1-4-28(3,26(33)29-18-14-13-17(2)23(15-18)25(31)32)30-27(34)35-16-24-21-11-7-5-9-19(21)20-10-6-8-12-22(20)24/h5-15,24H,4,16H2,1-3H3,(H,29,33)(H,30,34)(H,31,32). The molecule has 3 N–H and O–H groups in total. The van der Waals surface area contributed by atoms with Gasteiger partial charge in [0, 0.05) is 11.6 Å². The van der Waals surface area contributed by atoms with Gasteiger partial charge in [-0.2, -0.15) is 0 Å². The predicted octanol–water partition coefficient (Wildman–Crippen LogP) is 5.34. The van der Waals surface area contributed by atoms with Crippen LogP contribution in [-0.4, -0.2) is 35.2 Å². The Labute approximate surface area is 204 Å². The normalized spacial score (nSPS) is 13.8. The molecule has 7 heteroatoms. The molecule has 0 spiro atoms. The van der Waals surface area contributed by atoms with Gasteiger partial charge in [-0.15, -0.1) is 0 Å². The van der Waals surface area contributed by atoms with Crippen molar-refractivity contribution in [3.05, 3.63) is 89.0 Å². The molecule has 3 aromatic carbocycles. The third-order valence-corrected chi connectivity index (χ3v) is 6.66. The molecule has 35 heavy (non-hydrogen) atoms. The number of alkyl carbamates (subject to hydrolysis) is 1. The van der Waals surface area contributed by atoms with Crippen molar-refractivity contribution in [3.8, 4) is 11.1 Å². The molecule has 1 aliphatic rings. The summed E-state index contributed by atoms with van der Waals surface area (Å²) in [4.78, 5) is 37.2. The van der Waals surface area contributed by atoms with Crippen molar-refractivity contribution in [1.29, 1.82) is 0 Å². The number of hydrogen-bond donors (Lipinski definition) is 3. The van der Waals surface area contributed by atoms with Gasteiger partial charge in [0.25, 0.3) is 0 Å². The molecule has 1 unspecified atom stereocenters. The molecular formula is C28H28N2O5. The molecule has 0 fully saturated rings. The first kappa shape index (κ1) is 24.0. The van der Waals surface area contributed by atoms with Crippen molar-refractivity contribution in [2.45, 2.75) is 38.6 Å². The number of carboxylic acids is 1.